The van der Waals surface area contributed by atoms with Crippen LogP contribution in [0.2, 0.25) is 0 Å². The first-order chi connectivity index (χ1) is 11.3. The van der Waals surface area contributed by atoms with Crippen molar-refractivity contribution in [2.45, 2.75) is 52.0 Å². The Morgan fingerprint density at radius 1 is 1.12 bits per heavy atom. The lowest BCUT2D eigenvalue weighted by atomic mass is 10.0. The van der Waals surface area contributed by atoms with Gasteiger partial charge in [0.05, 0.1) is 0 Å². The highest BCUT2D eigenvalue weighted by atomic mass is 127. The molecule has 0 aromatic carbocycles. The van der Waals surface area contributed by atoms with Gasteiger partial charge in [0.1, 0.15) is 0 Å². The highest BCUT2D eigenvalue weighted by molar-refractivity contribution is 14.0. The Morgan fingerprint density at radius 3 is 2.62 bits per heavy atom. The maximum Gasteiger partial charge on any atom is 0.191 e. The van der Waals surface area contributed by atoms with Gasteiger partial charge >= 0.3 is 0 Å². The van der Waals surface area contributed by atoms with Gasteiger partial charge in [0.15, 0.2) is 5.96 Å². The van der Waals surface area contributed by atoms with Crippen molar-refractivity contribution in [1.82, 2.24) is 20.4 Å². The Bertz CT molecular complexity index is 363. The first kappa shape index (κ1) is 22.0. The summed E-state index contributed by atoms with van der Waals surface area (Å²) in [4.78, 5) is 9.56. The van der Waals surface area contributed by atoms with Crippen molar-refractivity contribution in [2.75, 3.05) is 52.9 Å². The molecule has 2 rings (SSSR count). The third-order valence-corrected chi connectivity index (χ3v) is 5.51. The van der Waals surface area contributed by atoms with Crippen molar-refractivity contribution in [3.63, 3.8) is 0 Å². The zero-order valence-corrected chi connectivity index (χ0v) is 18.2. The van der Waals surface area contributed by atoms with Crippen molar-refractivity contribution in [3.8, 4) is 0 Å². The molecule has 2 aliphatic heterocycles. The second kappa shape index (κ2) is 12.3. The van der Waals surface area contributed by atoms with Gasteiger partial charge in [-0.1, -0.05) is 20.3 Å². The van der Waals surface area contributed by atoms with E-state index in [4.69, 9.17) is 0 Å². The lowest BCUT2D eigenvalue weighted by Crippen LogP contribution is -2.46. The molecule has 0 bridgehead atoms. The molecule has 2 saturated heterocycles. The Hall–Kier alpha value is -0.0800. The van der Waals surface area contributed by atoms with E-state index >= 15 is 0 Å². The van der Waals surface area contributed by atoms with E-state index in [1.165, 1.54) is 58.3 Å². The smallest absolute Gasteiger partial charge is 0.191 e. The van der Waals surface area contributed by atoms with Crippen molar-refractivity contribution in [1.29, 1.82) is 0 Å². The summed E-state index contributed by atoms with van der Waals surface area (Å²) in [6, 6.07) is 0.791. The number of nitrogens with one attached hydrogen (secondary N) is 2. The number of halogens is 1. The van der Waals surface area contributed by atoms with Gasteiger partial charge in [-0.2, -0.15) is 0 Å². The van der Waals surface area contributed by atoms with Gasteiger partial charge in [0.25, 0.3) is 0 Å². The average molecular weight is 451 g/mol. The predicted octanol–water partition coefficient (Wildman–Crippen LogP) is 2.38. The van der Waals surface area contributed by atoms with Crippen molar-refractivity contribution < 1.29 is 0 Å². The zero-order valence-electron chi connectivity index (χ0n) is 15.9. The molecule has 0 spiro atoms. The minimum atomic E-state index is 0. The Kier molecular flexibility index (Phi) is 11.3. The van der Waals surface area contributed by atoms with Crippen LogP contribution in [0.1, 0.15) is 46.0 Å². The van der Waals surface area contributed by atoms with Gasteiger partial charge in [0.2, 0.25) is 0 Å². The Morgan fingerprint density at radius 2 is 1.96 bits per heavy atom. The molecule has 0 saturated carbocycles. The lowest BCUT2D eigenvalue weighted by Gasteiger charge is -2.35. The summed E-state index contributed by atoms with van der Waals surface area (Å²) in [5.41, 5.74) is 0. The second-order valence-corrected chi connectivity index (χ2v) is 7.02. The molecule has 2 fully saturated rings. The summed E-state index contributed by atoms with van der Waals surface area (Å²) >= 11 is 0. The topological polar surface area (TPSA) is 42.9 Å². The number of nitrogens with zero attached hydrogens (tertiary/aromatic N) is 3. The molecule has 24 heavy (non-hydrogen) atoms. The van der Waals surface area contributed by atoms with Gasteiger partial charge in [-0.05, 0) is 51.2 Å². The van der Waals surface area contributed by atoms with E-state index in [1.54, 1.807) is 0 Å². The summed E-state index contributed by atoms with van der Waals surface area (Å²) in [6.45, 7) is 12.7. The first-order valence-electron chi connectivity index (χ1n) is 9.67. The van der Waals surface area contributed by atoms with E-state index in [0.29, 0.717) is 0 Å². The SMILES string of the molecule is CCC1CCCCN1CCNC(=NC)NCC1CCN(CC)C1.I. The van der Waals surface area contributed by atoms with Crippen LogP contribution in [-0.2, 0) is 0 Å². The number of guanidine groups is 1. The quantitative estimate of drug-likeness (QED) is 0.355. The summed E-state index contributed by atoms with van der Waals surface area (Å²) in [5, 5.41) is 7.01. The summed E-state index contributed by atoms with van der Waals surface area (Å²) in [6.07, 6.45) is 6.73. The molecule has 5 nitrogen and oxygen atoms in total. The molecule has 0 amide bonds. The van der Waals surface area contributed by atoms with E-state index in [0.717, 1.165) is 37.6 Å². The maximum absolute atomic E-state index is 4.37. The van der Waals surface area contributed by atoms with Gasteiger partial charge in [0, 0.05) is 39.3 Å². The Labute approximate surface area is 166 Å². The first-order valence-corrected chi connectivity index (χ1v) is 9.67. The predicted molar refractivity (Wildman–Crippen MR) is 115 cm³/mol. The molecule has 2 aliphatic rings. The summed E-state index contributed by atoms with van der Waals surface area (Å²) < 4.78 is 0. The fraction of sp³-hybridized carbons (Fsp3) is 0.944. The van der Waals surface area contributed by atoms with Crippen molar-refractivity contribution in [2.24, 2.45) is 10.9 Å². The molecular formula is C18H38IN5. The van der Waals surface area contributed by atoms with Crippen LogP contribution in [0.3, 0.4) is 0 Å². The molecule has 0 radical (unpaired) electrons. The van der Waals surface area contributed by atoms with Crippen LogP contribution in [0.5, 0.6) is 0 Å². The maximum atomic E-state index is 4.37. The second-order valence-electron chi connectivity index (χ2n) is 7.02. The third-order valence-electron chi connectivity index (χ3n) is 5.51. The number of piperidine rings is 1. The van der Waals surface area contributed by atoms with Crippen molar-refractivity contribution in [3.05, 3.63) is 0 Å². The number of rotatable bonds is 7. The Balaban J connectivity index is 0.00000288. The number of hydrogen-bond acceptors (Lipinski definition) is 3. The fourth-order valence-corrected chi connectivity index (χ4v) is 3.96. The minimum Gasteiger partial charge on any atom is -0.356 e. The van der Waals surface area contributed by atoms with Gasteiger partial charge in [-0.3, -0.25) is 9.89 Å². The molecule has 2 N–H and O–H groups in total. The highest BCUT2D eigenvalue weighted by Gasteiger charge is 2.22. The lowest BCUT2D eigenvalue weighted by molar-refractivity contribution is 0.147. The van der Waals surface area contributed by atoms with E-state index < -0.39 is 0 Å². The third kappa shape index (κ3) is 7.04. The normalized spacial score (nSPS) is 26.2. The number of hydrogen-bond donors (Lipinski definition) is 2. The van der Waals surface area contributed by atoms with Crippen LogP contribution in [0, 0.1) is 5.92 Å². The summed E-state index contributed by atoms with van der Waals surface area (Å²) in [5.74, 6) is 1.73. The molecule has 2 unspecified atom stereocenters. The number of aliphatic imine (C=N–C) groups is 1. The molecule has 0 aromatic heterocycles. The minimum absolute atomic E-state index is 0. The van der Waals surface area contributed by atoms with E-state index in [9.17, 15) is 0 Å². The number of likely N-dealkylation sites (tertiary alicyclic amines) is 2. The molecule has 2 atom stereocenters. The molecular weight excluding hydrogens is 413 g/mol. The van der Waals surface area contributed by atoms with Crippen LogP contribution in [-0.4, -0.2) is 74.7 Å². The molecule has 6 heteroatoms. The fourth-order valence-electron chi connectivity index (χ4n) is 3.96. The van der Waals surface area contributed by atoms with Crippen LogP contribution in [0.15, 0.2) is 4.99 Å². The van der Waals surface area contributed by atoms with Crippen LogP contribution in [0.4, 0.5) is 0 Å². The van der Waals surface area contributed by atoms with Gasteiger partial charge < -0.3 is 15.5 Å². The van der Waals surface area contributed by atoms with Crippen molar-refractivity contribution >= 4 is 29.9 Å². The van der Waals surface area contributed by atoms with Crippen LogP contribution >= 0.6 is 24.0 Å². The molecule has 142 valence electrons. The van der Waals surface area contributed by atoms with Crippen LogP contribution in [0.25, 0.3) is 0 Å². The molecule has 0 aromatic rings. The molecule has 0 aliphatic carbocycles. The van der Waals surface area contributed by atoms with Gasteiger partial charge in [-0.25, -0.2) is 0 Å². The van der Waals surface area contributed by atoms with Crippen LogP contribution < -0.4 is 10.6 Å². The standard InChI is InChI=1S/C18H37N5.HI/c1-4-17-8-6-7-11-23(17)13-10-20-18(19-3)21-14-16-9-12-22(5-2)15-16;/h16-17H,4-15H2,1-3H3,(H2,19,20,21);1H. The zero-order chi connectivity index (χ0) is 16.5. The summed E-state index contributed by atoms with van der Waals surface area (Å²) in [7, 11) is 1.87. The average Bonchev–Trinajstić information content (AvgIpc) is 3.06. The van der Waals surface area contributed by atoms with E-state index in [1.807, 2.05) is 7.05 Å². The highest BCUT2D eigenvalue weighted by Crippen LogP contribution is 2.18. The molecule has 2 heterocycles. The van der Waals surface area contributed by atoms with E-state index in [2.05, 4.69) is 39.3 Å². The van der Waals surface area contributed by atoms with Gasteiger partial charge in [-0.15, -0.1) is 24.0 Å². The largest absolute Gasteiger partial charge is 0.356 e. The van der Waals surface area contributed by atoms with E-state index in [-0.39, 0.29) is 24.0 Å². The monoisotopic (exact) mass is 451 g/mol.